The molecule has 0 aliphatic heterocycles. The van der Waals surface area contributed by atoms with Crippen molar-refractivity contribution in [3.63, 3.8) is 0 Å². The molecule has 0 aromatic carbocycles. The lowest BCUT2D eigenvalue weighted by molar-refractivity contribution is 0.0601. The molecule has 2 aromatic heterocycles. The van der Waals surface area contributed by atoms with Crippen LogP contribution in [0.15, 0.2) is 18.5 Å². The van der Waals surface area contributed by atoms with E-state index in [4.69, 9.17) is 0 Å². The van der Waals surface area contributed by atoms with E-state index in [1.54, 1.807) is 29.9 Å². The van der Waals surface area contributed by atoms with Crippen LogP contribution < -0.4 is 0 Å². The number of aryl methyl sites for hydroxylation is 1. The molecule has 0 amide bonds. The number of nitrogens with zero attached hydrogens (tertiary/aromatic N) is 3. The first-order valence-electron chi connectivity index (χ1n) is 4.11. The van der Waals surface area contributed by atoms with Gasteiger partial charge in [0.25, 0.3) is 0 Å². The second-order valence-electron chi connectivity index (χ2n) is 2.90. The molecule has 14 heavy (non-hydrogen) atoms. The fraction of sp³-hybridized carbons (Fsp3) is 0.222. The average molecular weight is 191 g/mol. The maximum absolute atomic E-state index is 11.2. The van der Waals surface area contributed by atoms with Gasteiger partial charge in [-0.05, 0) is 13.0 Å². The number of hydrogen-bond acceptors (Lipinski definition) is 4. The molecule has 5 nitrogen and oxygen atoms in total. The lowest BCUT2D eigenvalue weighted by Gasteiger charge is -1.92. The van der Waals surface area contributed by atoms with Gasteiger partial charge in [0.1, 0.15) is 5.82 Å². The number of rotatable bonds is 1. The summed E-state index contributed by atoms with van der Waals surface area (Å²) in [5, 5.41) is 4.11. The zero-order valence-corrected chi connectivity index (χ0v) is 7.89. The lowest BCUT2D eigenvalue weighted by Crippen LogP contribution is -1.99. The van der Waals surface area contributed by atoms with Gasteiger partial charge in [0, 0.05) is 6.20 Å². The van der Waals surface area contributed by atoms with Gasteiger partial charge in [0.2, 0.25) is 0 Å². The van der Waals surface area contributed by atoms with Crippen molar-refractivity contribution in [3.8, 4) is 0 Å². The smallest absolute Gasteiger partial charge is 0.339 e. The van der Waals surface area contributed by atoms with Crippen molar-refractivity contribution >= 4 is 11.5 Å². The van der Waals surface area contributed by atoms with E-state index in [0.717, 1.165) is 5.52 Å². The monoisotopic (exact) mass is 191 g/mol. The normalized spacial score (nSPS) is 10.4. The van der Waals surface area contributed by atoms with Gasteiger partial charge in [-0.25, -0.2) is 14.3 Å². The summed E-state index contributed by atoms with van der Waals surface area (Å²) in [5.41, 5.74) is 1.25. The van der Waals surface area contributed by atoms with E-state index in [9.17, 15) is 4.79 Å². The minimum atomic E-state index is -0.367. The van der Waals surface area contributed by atoms with Crippen LogP contribution >= 0.6 is 0 Å². The predicted molar refractivity (Wildman–Crippen MR) is 49.1 cm³/mol. The molecule has 0 aliphatic rings. The standard InChI is InChI=1S/C9H9N3O2/c1-6-10-4-8-3-7(9(13)14-2)5-12(8)11-6/h3-5H,1-2H3. The zero-order chi connectivity index (χ0) is 10.1. The summed E-state index contributed by atoms with van der Waals surface area (Å²) in [5.74, 6) is 0.290. The first-order valence-corrected chi connectivity index (χ1v) is 4.11. The molecule has 0 atom stereocenters. The molecule has 0 radical (unpaired) electrons. The summed E-state index contributed by atoms with van der Waals surface area (Å²) in [4.78, 5) is 15.2. The van der Waals surface area contributed by atoms with E-state index in [-0.39, 0.29) is 5.97 Å². The van der Waals surface area contributed by atoms with Crippen molar-refractivity contribution in [2.75, 3.05) is 7.11 Å². The Morgan fingerprint density at radius 2 is 2.36 bits per heavy atom. The Morgan fingerprint density at radius 3 is 3.07 bits per heavy atom. The van der Waals surface area contributed by atoms with Gasteiger partial charge in [0.15, 0.2) is 0 Å². The van der Waals surface area contributed by atoms with E-state index in [2.05, 4.69) is 14.8 Å². The predicted octanol–water partition coefficient (Wildman–Crippen LogP) is 0.824. The molecular formula is C9H9N3O2. The molecule has 2 heterocycles. The van der Waals surface area contributed by atoms with Gasteiger partial charge in [0.05, 0.1) is 24.4 Å². The summed E-state index contributed by atoms with van der Waals surface area (Å²) < 4.78 is 6.20. The summed E-state index contributed by atoms with van der Waals surface area (Å²) >= 11 is 0. The Bertz CT molecular complexity index is 490. The molecule has 2 aromatic rings. The Labute approximate surface area is 80.3 Å². The molecule has 72 valence electrons. The fourth-order valence-corrected chi connectivity index (χ4v) is 1.22. The van der Waals surface area contributed by atoms with E-state index >= 15 is 0 Å². The van der Waals surface area contributed by atoms with Gasteiger partial charge >= 0.3 is 5.97 Å². The average Bonchev–Trinajstić information content (AvgIpc) is 2.59. The van der Waals surface area contributed by atoms with Crippen LogP contribution in [0.3, 0.4) is 0 Å². The van der Waals surface area contributed by atoms with Crippen LogP contribution in [0.1, 0.15) is 16.2 Å². The molecule has 2 rings (SSSR count). The molecule has 5 heteroatoms. The molecule has 0 saturated heterocycles. The van der Waals surface area contributed by atoms with Gasteiger partial charge in [-0.15, -0.1) is 0 Å². The van der Waals surface area contributed by atoms with Gasteiger partial charge in [-0.3, -0.25) is 0 Å². The summed E-state index contributed by atoms with van der Waals surface area (Å²) in [7, 11) is 1.35. The second-order valence-corrected chi connectivity index (χ2v) is 2.90. The van der Waals surface area contributed by atoms with Crippen molar-refractivity contribution in [1.29, 1.82) is 0 Å². The number of carbonyl (C=O) groups excluding carboxylic acids is 1. The number of fused-ring (bicyclic) bond motifs is 1. The topological polar surface area (TPSA) is 56.5 Å². The third-order valence-electron chi connectivity index (χ3n) is 1.89. The third-order valence-corrected chi connectivity index (χ3v) is 1.89. The molecule has 0 unspecified atom stereocenters. The van der Waals surface area contributed by atoms with E-state index in [0.29, 0.717) is 11.4 Å². The Balaban J connectivity index is 2.56. The molecule has 0 spiro atoms. The highest BCUT2D eigenvalue weighted by atomic mass is 16.5. The van der Waals surface area contributed by atoms with Crippen LogP contribution in [0, 0.1) is 6.92 Å². The molecule has 0 bridgehead atoms. The van der Waals surface area contributed by atoms with Crippen LogP contribution in [0.25, 0.3) is 5.52 Å². The van der Waals surface area contributed by atoms with Gasteiger partial charge in [-0.2, -0.15) is 5.10 Å². The maximum atomic E-state index is 11.2. The van der Waals surface area contributed by atoms with E-state index in [1.807, 2.05) is 0 Å². The quantitative estimate of drug-likeness (QED) is 0.626. The maximum Gasteiger partial charge on any atom is 0.339 e. The summed E-state index contributed by atoms with van der Waals surface area (Å²) in [6, 6.07) is 1.69. The second kappa shape index (κ2) is 3.10. The number of carbonyl (C=O) groups is 1. The molecular weight excluding hydrogens is 182 g/mol. The van der Waals surface area contributed by atoms with Crippen molar-refractivity contribution in [2.24, 2.45) is 0 Å². The molecule has 0 saturated carbocycles. The van der Waals surface area contributed by atoms with Crippen LogP contribution in [-0.2, 0) is 4.74 Å². The SMILES string of the molecule is COC(=O)c1cc2cnc(C)nn2c1. The van der Waals surface area contributed by atoms with Crippen molar-refractivity contribution in [3.05, 3.63) is 29.8 Å². The number of methoxy groups -OCH3 is 1. The molecule has 0 aliphatic carbocycles. The summed E-state index contributed by atoms with van der Waals surface area (Å²) in [6.07, 6.45) is 3.28. The van der Waals surface area contributed by atoms with Crippen molar-refractivity contribution < 1.29 is 9.53 Å². The largest absolute Gasteiger partial charge is 0.465 e. The van der Waals surface area contributed by atoms with E-state index in [1.165, 1.54) is 7.11 Å². The minimum Gasteiger partial charge on any atom is -0.465 e. The molecule has 0 fully saturated rings. The zero-order valence-electron chi connectivity index (χ0n) is 7.89. The van der Waals surface area contributed by atoms with Crippen LogP contribution in [0.5, 0.6) is 0 Å². The van der Waals surface area contributed by atoms with Crippen LogP contribution in [-0.4, -0.2) is 27.7 Å². The van der Waals surface area contributed by atoms with Crippen molar-refractivity contribution in [2.45, 2.75) is 6.92 Å². The first kappa shape index (κ1) is 8.68. The number of hydrogen-bond donors (Lipinski definition) is 0. The van der Waals surface area contributed by atoms with E-state index < -0.39 is 0 Å². The van der Waals surface area contributed by atoms with Crippen molar-refractivity contribution in [1.82, 2.24) is 14.6 Å². The Morgan fingerprint density at radius 1 is 1.57 bits per heavy atom. The lowest BCUT2D eigenvalue weighted by atomic mass is 10.3. The molecule has 0 N–H and O–H groups in total. The Hall–Kier alpha value is -1.91. The van der Waals surface area contributed by atoms with Gasteiger partial charge < -0.3 is 4.74 Å². The van der Waals surface area contributed by atoms with Crippen LogP contribution in [0.4, 0.5) is 0 Å². The highest BCUT2D eigenvalue weighted by molar-refractivity contribution is 5.90. The highest BCUT2D eigenvalue weighted by Crippen LogP contribution is 2.08. The van der Waals surface area contributed by atoms with Crippen LogP contribution in [0.2, 0.25) is 0 Å². The minimum absolute atomic E-state index is 0.367. The fourth-order valence-electron chi connectivity index (χ4n) is 1.22. The number of esters is 1. The van der Waals surface area contributed by atoms with Gasteiger partial charge in [-0.1, -0.05) is 0 Å². The first-order chi connectivity index (χ1) is 6.70. The Kier molecular flexibility index (Phi) is 1.92. The third kappa shape index (κ3) is 1.32. The highest BCUT2D eigenvalue weighted by Gasteiger charge is 2.08. The summed E-state index contributed by atoms with van der Waals surface area (Å²) in [6.45, 7) is 1.79. The number of aromatic nitrogens is 3. The number of ether oxygens (including phenoxy) is 1.